The van der Waals surface area contributed by atoms with Gasteiger partial charge in [-0.05, 0) is 18.6 Å². The number of nitrogens with two attached hydrogens (primary N) is 1. The van der Waals surface area contributed by atoms with Gasteiger partial charge in [-0.15, -0.1) is 0 Å². The summed E-state index contributed by atoms with van der Waals surface area (Å²) < 4.78 is 0. The topological polar surface area (TPSA) is 63.4 Å². The lowest BCUT2D eigenvalue weighted by Gasteiger charge is -2.21. The Morgan fingerprint density at radius 3 is 2.38 bits per heavy atom. The Morgan fingerprint density at radius 1 is 1.25 bits per heavy atom. The summed E-state index contributed by atoms with van der Waals surface area (Å²) in [6.07, 6.45) is 0.592. The van der Waals surface area contributed by atoms with Crippen LogP contribution in [0.3, 0.4) is 0 Å². The third-order valence-corrected chi connectivity index (χ3v) is 2.14. The molecule has 0 saturated heterocycles. The van der Waals surface area contributed by atoms with Crippen molar-refractivity contribution in [2.24, 2.45) is 5.73 Å². The quantitative estimate of drug-likeness (QED) is 0.760. The normalized spacial score (nSPS) is 9.81. The fourth-order valence-corrected chi connectivity index (χ4v) is 1.47. The number of nitrogens with zero attached hydrogens (tertiary/aromatic N) is 1. The Bertz CT molecular complexity index is 363. The van der Waals surface area contributed by atoms with Gasteiger partial charge in [-0.25, -0.2) is 0 Å². The van der Waals surface area contributed by atoms with Gasteiger partial charge in [-0.2, -0.15) is 0 Å². The Morgan fingerprint density at radius 2 is 1.88 bits per heavy atom. The second-order valence-corrected chi connectivity index (χ2v) is 3.52. The molecule has 0 bridgehead atoms. The molecule has 0 unspecified atom stereocenters. The number of carbonyl (C=O) groups excluding carboxylic acids is 2. The molecule has 86 valence electrons. The molecule has 0 atom stereocenters. The van der Waals surface area contributed by atoms with Gasteiger partial charge < -0.3 is 10.6 Å². The van der Waals surface area contributed by atoms with E-state index < -0.39 is 5.91 Å². The van der Waals surface area contributed by atoms with Gasteiger partial charge in [0.05, 0.1) is 0 Å². The molecule has 16 heavy (non-hydrogen) atoms. The standard InChI is InChI=1S/C12H16N2O2/c1-2-8-14(12(16)9-11(13)15)10-6-4-3-5-7-10/h3-7H,2,8-9H2,1H3,(H2,13,15). The van der Waals surface area contributed by atoms with Gasteiger partial charge in [0.15, 0.2) is 0 Å². The van der Waals surface area contributed by atoms with Gasteiger partial charge in [0, 0.05) is 12.2 Å². The predicted molar refractivity (Wildman–Crippen MR) is 62.9 cm³/mol. The summed E-state index contributed by atoms with van der Waals surface area (Å²) >= 11 is 0. The fourth-order valence-electron chi connectivity index (χ4n) is 1.47. The lowest BCUT2D eigenvalue weighted by molar-refractivity contribution is -0.126. The summed E-state index contributed by atoms with van der Waals surface area (Å²) in [5, 5.41) is 0. The number of carbonyl (C=O) groups is 2. The van der Waals surface area contributed by atoms with E-state index in [9.17, 15) is 9.59 Å². The van der Waals surface area contributed by atoms with Crippen molar-refractivity contribution in [3.05, 3.63) is 30.3 Å². The molecule has 0 aromatic heterocycles. The zero-order valence-electron chi connectivity index (χ0n) is 9.35. The van der Waals surface area contributed by atoms with Crippen LogP contribution in [-0.2, 0) is 9.59 Å². The van der Waals surface area contributed by atoms with E-state index in [4.69, 9.17) is 5.73 Å². The van der Waals surface area contributed by atoms with Gasteiger partial charge in [0.25, 0.3) is 0 Å². The van der Waals surface area contributed by atoms with E-state index in [0.717, 1.165) is 12.1 Å². The highest BCUT2D eigenvalue weighted by Crippen LogP contribution is 2.14. The molecular weight excluding hydrogens is 204 g/mol. The molecule has 1 rings (SSSR count). The van der Waals surface area contributed by atoms with Gasteiger partial charge >= 0.3 is 0 Å². The first-order valence-electron chi connectivity index (χ1n) is 5.29. The Hall–Kier alpha value is -1.84. The van der Waals surface area contributed by atoms with Crippen LogP contribution in [-0.4, -0.2) is 18.4 Å². The summed E-state index contributed by atoms with van der Waals surface area (Å²) in [5.41, 5.74) is 5.82. The van der Waals surface area contributed by atoms with E-state index in [2.05, 4.69) is 0 Å². The SMILES string of the molecule is CCCN(C(=O)CC(N)=O)c1ccccc1. The maximum absolute atomic E-state index is 11.8. The predicted octanol–water partition coefficient (Wildman–Crippen LogP) is 1.30. The second kappa shape index (κ2) is 5.90. The average Bonchev–Trinajstić information content (AvgIpc) is 2.26. The van der Waals surface area contributed by atoms with Crippen LogP contribution in [0.15, 0.2) is 30.3 Å². The van der Waals surface area contributed by atoms with Gasteiger partial charge in [0.1, 0.15) is 6.42 Å². The zero-order chi connectivity index (χ0) is 12.0. The summed E-state index contributed by atoms with van der Waals surface area (Å²) in [6, 6.07) is 9.28. The van der Waals surface area contributed by atoms with Crippen LogP contribution in [0.2, 0.25) is 0 Å². The number of anilines is 1. The highest BCUT2D eigenvalue weighted by atomic mass is 16.2. The molecule has 0 heterocycles. The summed E-state index contributed by atoms with van der Waals surface area (Å²) in [6.45, 7) is 2.57. The van der Waals surface area contributed by atoms with Crippen molar-refractivity contribution >= 4 is 17.5 Å². The van der Waals surface area contributed by atoms with Crippen LogP contribution in [0.1, 0.15) is 19.8 Å². The molecule has 1 aromatic rings. The van der Waals surface area contributed by atoms with Crippen molar-refractivity contribution in [2.75, 3.05) is 11.4 Å². The van der Waals surface area contributed by atoms with Gasteiger partial charge in [0.2, 0.25) is 11.8 Å². The first-order valence-corrected chi connectivity index (χ1v) is 5.29. The van der Waals surface area contributed by atoms with Crippen molar-refractivity contribution in [3.8, 4) is 0 Å². The molecule has 0 spiro atoms. The van der Waals surface area contributed by atoms with Crippen molar-refractivity contribution < 1.29 is 9.59 Å². The Labute approximate surface area is 95.0 Å². The number of hydrogen-bond donors (Lipinski definition) is 1. The minimum absolute atomic E-state index is 0.241. The number of benzene rings is 1. The second-order valence-electron chi connectivity index (χ2n) is 3.52. The first-order chi connectivity index (χ1) is 7.65. The summed E-state index contributed by atoms with van der Waals surface area (Å²) in [4.78, 5) is 24.1. The van der Waals surface area contributed by atoms with Gasteiger partial charge in [-0.1, -0.05) is 25.1 Å². The minimum atomic E-state index is -0.595. The molecule has 0 radical (unpaired) electrons. The van der Waals surface area contributed by atoms with Crippen molar-refractivity contribution in [2.45, 2.75) is 19.8 Å². The molecule has 4 nitrogen and oxygen atoms in total. The lowest BCUT2D eigenvalue weighted by Crippen LogP contribution is -2.34. The number of primary amides is 1. The first kappa shape index (κ1) is 12.2. The van der Waals surface area contributed by atoms with E-state index >= 15 is 0 Å². The van der Waals surface area contributed by atoms with Crippen molar-refractivity contribution in [1.82, 2.24) is 0 Å². The average molecular weight is 220 g/mol. The molecule has 0 fully saturated rings. The van der Waals surface area contributed by atoms with E-state index in [0.29, 0.717) is 6.54 Å². The molecule has 2 N–H and O–H groups in total. The third-order valence-electron chi connectivity index (χ3n) is 2.14. The largest absolute Gasteiger partial charge is 0.369 e. The van der Waals surface area contributed by atoms with Crippen LogP contribution >= 0.6 is 0 Å². The van der Waals surface area contributed by atoms with Crippen molar-refractivity contribution in [1.29, 1.82) is 0 Å². The van der Waals surface area contributed by atoms with E-state index in [1.165, 1.54) is 0 Å². The van der Waals surface area contributed by atoms with Crippen LogP contribution in [0.25, 0.3) is 0 Å². The third kappa shape index (κ3) is 3.38. The molecule has 0 aliphatic rings. The highest BCUT2D eigenvalue weighted by molar-refractivity contribution is 6.04. The maximum Gasteiger partial charge on any atom is 0.236 e. The number of amides is 2. The highest BCUT2D eigenvalue weighted by Gasteiger charge is 2.16. The van der Waals surface area contributed by atoms with Crippen LogP contribution in [0.5, 0.6) is 0 Å². The number of para-hydroxylation sites is 1. The molecule has 2 amide bonds. The molecule has 0 saturated carbocycles. The van der Waals surface area contributed by atoms with E-state index in [-0.39, 0.29) is 12.3 Å². The monoisotopic (exact) mass is 220 g/mol. The maximum atomic E-state index is 11.8. The van der Waals surface area contributed by atoms with Crippen LogP contribution in [0.4, 0.5) is 5.69 Å². The molecule has 1 aromatic carbocycles. The zero-order valence-corrected chi connectivity index (χ0v) is 9.35. The Balaban J connectivity index is 2.82. The number of hydrogen-bond acceptors (Lipinski definition) is 2. The molecular formula is C12H16N2O2. The minimum Gasteiger partial charge on any atom is -0.369 e. The van der Waals surface area contributed by atoms with Crippen molar-refractivity contribution in [3.63, 3.8) is 0 Å². The van der Waals surface area contributed by atoms with Crippen LogP contribution < -0.4 is 10.6 Å². The fraction of sp³-hybridized carbons (Fsp3) is 0.333. The molecule has 0 aliphatic heterocycles. The molecule has 0 aliphatic carbocycles. The Kier molecular flexibility index (Phi) is 4.51. The van der Waals surface area contributed by atoms with Gasteiger partial charge in [-0.3, -0.25) is 9.59 Å². The van der Waals surface area contributed by atoms with E-state index in [1.54, 1.807) is 4.90 Å². The smallest absolute Gasteiger partial charge is 0.236 e. The molecule has 4 heteroatoms. The number of rotatable bonds is 5. The van der Waals surface area contributed by atoms with Crippen LogP contribution in [0, 0.1) is 0 Å². The lowest BCUT2D eigenvalue weighted by atomic mass is 10.2. The van der Waals surface area contributed by atoms with E-state index in [1.807, 2.05) is 37.3 Å². The summed E-state index contributed by atoms with van der Waals surface area (Å²) in [7, 11) is 0. The summed E-state index contributed by atoms with van der Waals surface area (Å²) in [5.74, 6) is -0.845.